The van der Waals surface area contributed by atoms with Crippen LogP contribution in [0.5, 0.6) is 0 Å². The zero-order valence-electron chi connectivity index (χ0n) is 14.3. The van der Waals surface area contributed by atoms with E-state index in [1.54, 1.807) is 11.5 Å². The lowest BCUT2D eigenvalue weighted by Crippen LogP contribution is -2.34. The van der Waals surface area contributed by atoms with E-state index in [2.05, 4.69) is 10.3 Å². The molecule has 8 nitrogen and oxygen atoms in total. The summed E-state index contributed by atoms with van der Waals surface area (Å²) in [6, 6.07) is 9.08. The number of nitrogens with one attached hydrogen (secondary N) is 1. The van der Waals surface area contributed by atoms with Crippen molar-refractivity contribution in [3.05, 3.63) is 58.0 Å². The van der Waals surface area contributed by atoms with Crippen LogP contribution in [0.15, 0.2) is 36.5 Å². The number of carbonyl (C=O) groups excluding carboxylic acids is 1. The number of benzene rings is 1. The van der Waals surface area contributed by atoms with Crippen LogP contribution >= 0.6 is 0 Å². The summed E-state index contributed by atoms with van der Waals surface area (Å²) in [7, 11) is 0. The van der Waals surface area contributed by atoms with Crippen molar-refractivity contribution in [3.63, 3.8) is 0 Å². The van der Waals surface area contributed by atoms with Crippen molar-refractivity contribution in [2.45, 2.75) is 45.4 Å². The molecule has 0 radical (unpaired) electrons. The van der Waals surface area contributed by atoms with Crippen LogP contribution in [0.4, 0.5) is 5.82 Å². The Bertz CT molecular complexity index is 730. The number of amides is 1. The molecule has 2 atom stereocenters. The SMILES string of the molecule is Cc1nc([N+](=O)[O-])cn1CCC(=O)NC(C)CC(O)c1ccccc1. The molecule has 1 heterocycles. The van der Waals surface area contributed by atoms with Crippen LogP contribution < -0.4 is 5.32 Å². The van der Waals surface area contributed by atoms with E-state index in [0.717, 1.165) is 5.56 Å². The maximum Gasteiger partial charge on any atom is 0.381 e. The van der Waals surface area contributed by atoms with Crippen molar-refractivity contribution in [2.24, 2.45) is 0 Å². The molecule has 0 saturated carbocycles. The second-order valence-electron chi connectivity index (χ2n) is 5.98. The summed E-state index contributed by atoms with van der Waals surface area (Å²) < 4.78 is 1.58. The normalized spacial score (nSPS) is 13.2. The molecule has 25 heavy (non-hydrogen) atoms. The third kappa shape index (κ3) is 5.39. The van der Waals surface area contributed by atoms with Crippen molar-refractivity contribution in [3.8, 4) is 0 Å². The van der Waals surface area contributed by atoms with Gasteiger partial charge in [-0.2, -0.15) is 0 Å². The number of aliphatic hydroxyl groups is 1. The zero-order chi connectivity index (χ0) is 18.4. The number of rotatable bonds is 8. The zero-order valence-corrected chi connectivity index (χ0v) is 14.3. The summed E-state index contributed by atoms with van der Waals surface area (Å²) in [5, 5.41) is 23.7. The highest BCUT2D eigenvalue weighted by atomic mass is 16.6. The highest BCUT2D eigenvalue weighted by molar-refractivity contribution is 5.76. The summed E-state index contributed by atoms with van der Waals surface area (Å²) in [5.41, 5.74) is 0.810. The Balaban J connectivity index is 1.80. The largest absolute Gasteiger partial charge is 0.388 e. The number of nitro groups is 1. The van der Waals surface area contributed by atoms with Gasteiger partial charge in [-0.1, -0.05) is 30.3 Å². The third-order valence-corrected chi connectivity index (χ3v) is 3.90. The molecule has 0 aliphatic heterocycles. The fourth-order valence-corrected chi connectivity index (χ4v) is 2.58. The lowest BCUT2D eigenvalue weighted by atomic mass is 10.0. The van der Waals surface area contributed by atoms with Crippen LogP contribution in [0.1, 0.15) is 37.3 Å². The van der Waals surface area contributed by atoms with Gasteiger partial charge in [0.1, 0.15) is 6.20 Å². The lowest BCUT2D eigenvalue weighted by Gasteiger charge is -2.18. The predicted molar refractivity (Wildman–Crippen MR) is 91.9 cm³/mol. The Labute approximate surface area is 145 Å². The van der Waals surface area contributed by atoms with Crippen LogP contribution in [-0.2, 0) is 11.3 Å². The highest BCUT2D eigenvalue weighted by Gasteiger charge is 2.17. The second kappa shape index (κ2) is 8.39. The number of carbonyl (C=O) groups is 1. The molecule has 1 amide bonds. The van der Waals surface area contributed by atoms with E-state index in [0.29, 0.717) is 18.8 Å². The van der Waals surface area contributed by atoms with E-state index in [-0.39, 0.29) is 24.2 Å². The minimum absolute atomic E-state index is 0.177. The average Bonchev–Trinajstić information content (AvgIpc) is 2.95. The molecule has 134 valence electrons. The van der Waals surface area contributed by atoms with Gasteiger partial charge < -0.3 is 25.1 Å². The third-order valence-electron chi connectivity index (χ3n) is 3.90. The number of hydrogen-bond donors (Lipinski definition) is 2. The molecule has 0 bridgehead atoms. The van der Waals surface area contributed by atoms with Crippen LogP contribution in [-0.4, -0.2) is 31.5 Å². The molecule has 0 spiro atoms. The molecule has 1 aromatic carbocycles. The van der Waals surface area contributed by atoms with Gasteiger partial charge in [0.2, 0.25) is 11.7 Å². The monoisotopic (exact) mass is 346 g/mol. The van der Waals surface area contributed by atoms with Crippen LogP contribution in [0.25, 0.3) is 0 Å². The summed E-state index contributed by atoms with van der Waals surface area (Å²) in [6.07, 6.45) is 1.27. The second-order valence-corrected chi connectivity index (χ2v) is 5.98. The fourth-order valence-electron chi connectivity index (χ4n) is 2.58. The smallest absolute Gasteiger partial charge is 0.381 e. The molecule has 0 saturated heterocycles. The molecule has 2 aromatic rings. The topological polar surface area (TPSA) is 110 Å². The Morgan fingerprint density at radius 1 is 1.40 bits per heavy atom. The molecule has 0 aliphatic rings. The molecule has 1 aromatic heterocycles. The molecule has 2 unspecified atom stereocenters. The number of nitrogens with zero attached hydrogens (tertiary/aromatic N) is 3. The number of aryl methyl sites for hydroxylation is 2. The van der Waals surface area contributed by atoms with Gasteiger partial charge in [0.25, 0.3) is 0 Å². The van der Waals surface area contributed by atoms with Gasteiger partial charge in [-0.15, -0.1) is 0 Å². The molecule has 2 rings (SSSR count). The van der Waals surface area contributed by atoms with Gasteiger partial charge in [-0.25, -0.2) is 0 Å². The number of aliphatic hydroxyl groups excluding tert-OH is 1. The Hall–Kier alpha value is -2.74. The maximum absolute atomic E-state index is 12.0. The average molecular weight is 346 g/mol. The molecule has 2 N–H and O–H groups in total. The van der Waals surface area contributed by atoms with E-state index in [1.165, 1.54) is 6.20 Å². The predicted octanol–water partition coefficient (Wildman–Crippen LogP) is 2.12. The molecule has 0 aliphatic carbocycles. The summed E-state index contributed by atoms with van der Waals surface area (Å²) in [5.74, 6) is 0.0906. The first kappa shape index (κ1) is 18.6. The van der Waals surface area contributed by atoms with E-state index >= 15 is 0 Å². The van der Waals surface area contributed by atoms with E-state index in [1.807, 2.05) is 37.3 Å². The minimum Gasteiger partial charge on any atom is -0.388 e. The Morgan fingerprint density at radius 3 is 2.68 bits per heavy atom. The molecule has 0 fully saturated rings. The summed E-state index contributed by atoms with van der Waals surface area (Å²) in [4.78, 5) is 26.0. The van der Waals surface area contributed by atoms with Gasteiger partial charge >= 0.3 is 5.82 Å². The first-order valence-electron chi connectivity index (χ1n) is 8.07. The standard InChI is InChI=1S/C17H22N4O4/c1-12(10-15(22)14-6-4-3-5-7-14)18-17(23)8-9-20-11-16(21(24)25)19-13(20)2/h3-7,11-12,15,22H,8-10H2,1-2H3,(H,18,23). The van der Waals surface area contributed by atoms with Crippen LogP contribution in [0.3, 0.4) is 0 Å². The van der Waals surface area contributed by atoms with Crippen molar-refractivity contribution < 1.29 is 14.8 Å². The fraction of sp³-hybridized carbons (Fsp3) is 0.412. The Kier molecular flexibility index (Phi) is 6.24. The van der Waals surface area contributed by atoms with E-state index in [9.17, 15) is 20.0 Å². The molecule has 8 heteroatoms. The van der Waals surface area contributed by atoms with Gasteiger partial charge in [0.15, 0.2) is 0 Å². The Morgan fingerprint density at radius 2 is 2.08 bits per heavy atom. The quantitative estimate of drug-likeness (QED) is 0.562. The van der Waals surface area contributed by atoms with Gasteiger partial charge in [0, 0.05) is 25.9 Å². The first-order valence-corrected chi connectivity index (χ1v) is 8.07. The van der Waals surface area contributed by atoms with Gasteiger partial charge in [-0.3, -0.25) is 4.79 Å². The lowest BCUT2D eigenvalue weighted by molar-refractivity contribution is -0.389. The van der Waals surface area contributed by atoms with Crippen LogP contribution in [0, 0.1) is 17.0 Å². The minimum atomic E-state index is -0.643. The number of aromatic nitrogens is 2. The van der Waals surface area contributed by atoms with Crippen molar-refractivity contribution in [1.82, 2.24) is 14.9 Å². The number of imidazole rings is 1. The maximum atomic E-state index is 12.0. The van der Waals surface area contributed by atoms with E-state index in [4.69, 9.17) is 0 Å². The van der Waals surface area contributed by atoms with Crippen molar-refractivity contribution in [2.75, 3.05) is 0 Å². The van der Waals surface area contributed by atoms with Crippen molar-refractivity contribution in [1.29, 1.82) is 0 Å². The number of hydrogen-bond acceptors (Lipinski definition) is 5. The first-order chi connectivity index (χ1) is 11.9. The summed E-state index contributed by atoms with van der Waals surface area (Å²) in [6.45, 7) is 3.80. The van der Waals surface area contributed by atoms with Crippen LogP contribution in [0.2, 0.25) is 0 Å². The van der Waals surface area contributed by atoms with Gasteiger partial charge in [-0.05, 0) is 28.8 Å². The molecular formula is C17H22N4O4. The molecular weight excluding hydrogens is 324 g/mol. The van der Waals surface area contributed by atoms with Gasteiger partial charge in [0.05, 0.1) is 6.10 Å². The highest BCUT2D eigenvalue weighted by Crippen LogP contribution is 2.17. The van der Waals surface area contributed by atoms with E-state index < -0.39 is 11.0 Å². The summed E-state index contributed by atoms with van der Waals surface area (Å²) >= 11 is 0. The van der Waals surface area contributed by atoms with Crippen molar-refractivity contribution >= 4 is 11.7 Å².